The average Bonchev–Trinajstić information content (AvgIpc) is 2.82. The summed E-state index contributed by atoms with van der Waals surface area (Å²) >= 11 is 1.53. The van der Waals surface area contributed by atoms with Gasteiger partial charge in [-0.25, -0.2) is 15.0 Å². The van der Waals surface area contributed by atoms with Crippen LogP contribution >= 0.6 is 11.8 Å². The van der Waals surface area contributed by atoms with Crippen molar-refractivity contribution < 1.29 is 0 Å². The van der Waals surface area contributed by atoms with Gasteiger partial charge in [0.2, 0.25) is 0 Å². The molecule has 5 heteroatoms. The van der Waals surface area contributed by atoms with Crippen molar-refractivity contribution in [2.75, 3.05) is 6.26 Å². The minimum absolute atomic E-state index is 0.759. The number of hydrogen-bond acceptors (Lipinski definition) is 4. The largest absolute Gasteiger partial charge is 0.298 e. The summed E-state index contributed by atoms with van der Waals surface area (Å²) in [5, 5.41) is 0.759. The van der Waals surface area contributed by atoms with Crippen molar-refractivity contribution in [2.45, 2.75) is 5.16 Å². The van der Waals surface area contributed by atoms with Gasteiger partial charge in [0.15, 0.2) is 11.0 Å². The van der Waals surface area contributed by atoms with Crippen LogP contribution < -0.4 is 0 Å². The van der Waals surface area contributed by atoms with E-state index < -0.39 is 0 Å². The van der Waals surface area contributed by atoms with Crippen molar-refractivity contribution in [1.29, 1.82) is 0 Å². The fourth-order valence-corrected chi connectivity index (χ4v) is 2.05. The van der Waals surface area contributed by atoms with E-state index >= 15 is 0 Å². The minimum Gasteiger partial charge on any atom is -0.298 e. The third kappa shape index (κ3) is 1.78. The van der Waals surface area contributed by atoms with Crippen LogP contribution in [0.2, 0.25) is 0 Å². The first-order valence-corrected chi connectivity index (χ1v) is 6.40. The molecule has 84 valence electrons. The highest BCUT2D eigenvalue weighted by Crippen LogP contribution is 2.19. The predicted octanol–water partition coefficient (Wildman–Crippen LogP) is 2.51. The highest BCUT2D eigenvalue weighted by atomic mass is 32.2. The van der Waals surface area contributed by atoms with E-state index in [1.54, 1.807) is 6.20 Å². The SMILES string of the molecule is CSc1nccc(-c2ncc3ccccn23)n1. The van der Waals surface area contributed by atoms with E-state index in [1.807, 2.05) is 47.3 Å². The Morgan fingerprint density at radius 2 is 2.12 bits per heavy atom. The number of pyridine rings is 1. The Bertz CT molecular complexity index is 662. The summed E-state index contributed by atoms with van der Waals surface area (Å²) in [4.78, 5) is 13.0. The minimum atomic E-state index is 0.759. The van der Waals surface area contributed by atoms with Crippen LogP contribution in [0, 0.1) is 0 Å². The molecular formula is C12H10N4S. The topological polar surface area (TPSA) is 43.1 Å². The van der Waals surface area contributed by atoms with Gasteiger partial charge in [-0.15, -0.1) is 0 Å². The van der Waals surface area contributed by atoms with Crippen LogP contribution in [0.4, 0.5) is 0 Å². The highest BCUT2D eigenvalue weighted by molar-refractivity contribution is 7.98. The van der Waals surface area contributed by atoms with Gasteiger partial charge in [0.1, 0.15) is 5.69 Å². The molecule has 0 saturated heterocycles. The molecule has 0 saturated carbocycles. The number of fused-ring (bicyclic) bond motifs is 1. The van der Waals surface area contributed by atoms with Crippen LogP contribution in [0.25, 0.3) is 17.0 Å². The van der Waals surface area contributed by atoms with Gasteiger partial charge in [-0.2, -0.15) is 0 Å². The van der Waals surface area contributed by atoms with Crippen molar-refractivity contribution in [3.05, 3.63) is 42.9 Å². The molecule has 0 N–H and O–H groups in total. The maximum Gasteiger partial charge on any atom is 0.187 e. The molecule has 0 amide bonds. The zero-order valence-corrected chi connectivity index (χ0v) is 10.1. The molecule has 0 aromatic carbocycles. The lowest BCUT2D eigenvalue weighted by atomic mass is 10.4. The van der Waals surface area contributed by atoms with Gasteiger partial charge in [-0.1, -0.05) is 17.8 Å². The number of aromatic nitrogens is 4. The van der Waals surface area contributed by atoms with E-state index in [0.717, 1.165) is 22.2 Å². The van der Waals surface area contributed by atoms with Crippen molar-refractivity contribution in [3.8, 4) is 11.5 Å². The molecule has 3 heterocycles. The van der Waals surface area contributed by atoms with Crippen LogP contribution in [0.5, 0.6) is 0 Å². The van der Waals surface area contributed by atoms with Crippen molar-refractivity contribution >= 4 is 17.3 Å². The van der Waals surface area contributed by atoms with Crippen molar-refractivity contribution in [3.63, 3.8) is 0 Å². The third-order valence-corrected chi connectivity index (χ3v) is 3.05. The number of rotatable bonds is 2. The molecule has 3 aromatic rings. The summed E-state index contributed by atoms with van der Waals surface area (Å²) in [5.41, 5.74) is 1.90. The molecule has 0 bridgehead atoms. The second kappa shape index (κ2) is 4.18. The lowest BCUT2D eigenvalue weighted by Gasteiger charge is -2.01. The van der Waals surface area contributed by atoms with Crippen LogP contribution in [0.3, 0.4) is 0 Å². The van der Waals surface area contributed by atoms with Gasteiger partial charge in [-0.05, 0) is 24.5 Å². The first-order chi connectivity index (χ1) is 8.38. The smallest absolute Gasteiger partial charge is 0.187 e. The molecule has 0 atom stereocenters. The second-order valence-corrected chi connectivity index (χ2v) is 4.28. The van der Waals surface area contributed by atoms with Gasteiger partial charge in [0.05, 0.1) is 11.7 Å². The van der Waals surface area contributed by atoms with E-state index in [1.165, 1.54) is 11.8 Å². The molecule has 3 rings (SSSR count). The normalized spacial score (nSPS) is 10.9. The molecule has 4 nitrogen and oxygen atoms in total. The van der Waals surface area contributed by atoms with Gasteiger partial charge >= 0.3 is 0 Å². The summed E-state index contributed by atoms with van der Waals surface area (Å²) in [6, 6.07) is 7.87. The summed E-state index contributed by atoms with van der Waals surface area (Å²) < 4.78 is 2.02. The number of nitrogens with zero attached hydrogens (tertiary/aromatic N) is 4. The van der Waals surface area contributed by atoms with E-state index in [-0.39, 0.29) is 0 Å². The number of thioether (sulfide) groups is 1. The fraction of sp³-hybridized carbons (Fsp3) is 0.0833. The van der Waals surface area contributed by atoms with Gasteiger partial charge in [-0.3, -0.25) is 4.40 Å². The lowest BCUT2D eigenvalue weighted by molar-refractivity contribution is 0.961. The van der Waals surface area contributed by atoms with E-state index in [4.69, 9.17) is 0 Å². The molecular weight excluding hydrogens is 232 g/mol. The maximum atomic E-state index is 4.45. The van der Waals surface area contributed by atoms with Crippen molar-refractivity contribution in [1.82, 2.24) is 19.4 Å². The molecule has 0 spiro atoms. The molecule has 0 aliphatic carbocycles. The van der Waals surface area contributed by atoms with Crippen LogP contribution in [-0.2, 0) is 0 Å². The molecule has 0 radical (unpaired) electrons. The second-order valence-electron chi connectivity index (χ2n) is 3.51. The molecule has 0 aliphatic rings. The van der Waals surface area contributed by atoms with Crippen LogP contribution in [0.1, 0.15) is 0 Å². The first-order valence-electron chi connectivity index (χ1n) is 5.18. The van der Waals surface area contributed by atoms with E-state index in [2.05, 4.69) is 15.0 Å². The van der Waals surface area contributed by atoms with Crippen LogP contribution in [0.15, 0.2) is 48.0 Å². The fourth-order valence-electron chi connectivity index (χ4n) is 1.70. The Hall–Kier alpha value is -1.88. The molecule has 3 aromatic heterocycles. The molecule has 0 aliphatic heterocycles. The summed E-state index contributed by atoms with van der Waals surface area (Å²) in [7, 11) is 0. The van der Waals surface area contributed by atoms with Gasteiger partial charge < -0.3 is 0 Å². The third-order valence-electron chi connectivity index (χ3n) is 2.48. The molecule has 0 unspecified atom stereocenters. The Morgan fingerprint density at radius 1 is 1.18 bits per heavy atom. The Morgan fingerprint density at radius 3 is 3.00 bits per heavy atom. The first kappa shape index (κ1) is 10.3. The van der Waals surface area contributed by atoms with Gasteiger partial charge in [0, 0.05) is 12.4 Å². The number of hydrogen-bond donors (Lipinski definition) is 0. The predicted molar refractivity (Wildman–Crippen MR) is 68.0 cm³/mol. The highest BCUT2D eigenvalue weighted by Gasteiger charge is 2.07. The monoisotopic (exact) mass is 242 g/mol. The van der Waals surface area contributed by atoms with Gasteiger partial charge in [0.25, 0.3) is 0 Å². The number of imidazole rings is 1. The van der Waals surface area contributed by atoms with E-state index in [0.29, 0.717) is 0 Å². The maximum absolute atomic E-state index is 4.45. The van der Waals surface area contributed by atoms with E-state index in [9.17, 15) is 0 Å². The Kier molecular flexibility index (Phi) is 2.53. The zero-order chi connectivity index (χ0) is 11.7. The Balaban J connectivity index is 2.20. The average molecular weight is 242 g/mol. The Labute approximate surface area is 103 Å². The standard InChI is InChI=1S/C12H10N4S/c1-17-12-13-6-5-10(15-12)11-14-8-9-4-2-3-7-16(9)11/h2-8H,1H3. The zero-order valence-electron chi connectivity index (χ0n) is 9.24. The molecule has 17 heavy (non-hydrogen) atoms. The van der Waals surface area contributed by atoms with Crippen molar-refractivity contribution in [2.24, 2.45) is 0 Å². The summed E-state index contributed by atoms with van der Waals surface area (Å²) in [5.74, 6) is 0.846. The lowest BCUT2D eigenvalue weighted by Crippen LogP contribution is -1.93. The quantitative estimate of drug-likeness (QED) is 0.511. The summed E-state index contributed by atoms with van der Waals surface area (Å²) in [6.07, 6.45) is 7.55. The summed E-state index contributed by atoms with van der Waals surface area (Å²) in [6.45, 7) is 0. The molecule has 0 fully saturated rings. The van der Waals surface area contributed by atoms with Crippen LogP contribution in [-0.4, -0.2) is 25.6 Å².